The minimum atomic E-state index is 0.354. The van der Waals surface area contributed by atoms with Crippen molar-refractivity contribution in [1.82, 2.24) is 15.0 Å². The van der Waals surface area contributed by atoms with Crippen LogP contribution in [0.3, 0.4) is 0 Å². The fourth-order valence-electron chi connectivity index (χ4n) is 2.15. The number of halogens is 1. The van der Waals surface area contributed by atoms with Crippen LogP contribution in [0, 0.1) is 15.0 Å². The summed E-state index contributed by atoms with van der Waals surface area (Å²) >= 11 is 2.24. The minimum Gasteiger partial charge on any atom is -0.206 e. The van der Waals surface area contributed by atoms with E-state index in [1.54, 1.807) is 4.68 Å². The fraction of sp³-hybridized carbons (Fsp3) is 0.0625. The molecule has 0 saturated heterocycles. The van der Waals surface area contributed by atoms with Crippen molar-refractivity contribution >= 4 is 22.6 Å². The second kappa shape index (κ2) is 6.06. The molecule has 21 heavy (non-hydrogen) atoms. The third-order valence-electron chi connectivity index (χ3n) is 3.15. The maximum absolute atomic E-state index is 8.95. The zero-order valence-electron chi connectivity index (χ0n) is 11.1. The van der Waals surface area contributed by atoms with Crippen LogP contribution in [-0.4, -0.2) is 15.0 Å². The number of hydrogen-bond donors (Lipinski definition) is 0. The highest BCUT2D eigenvalue weighted by Crippen LogP contribution is 2.25. The standard InChI is InChI=1S/C16H11IN4/c17-16-15(13-7-2-1-3-8-13)19-20-21(16)14-9-5-4-6-12(14)10-11-18/h1-9H,10H2. The van der Waals surface area contributed by atoms with Gasteiger partial charge >= 0.3 is 0 Å². The summed E-state index contributed by atoms with van der Waals surface area (Å²) in [7, 11) is 0. The van der Waals surface area contributed by atoms with Gasteiger partial charge < -0.3 is 0 Å². The van der Waals surface area contributed by atoms with E-state index in [0.29, 0.717) is 6.42 Å². The van der Waals surface area contributed by atoms with Crippen molar-refractivity contribution in [2.45, 2.75) is 6.42 Å². The monoisotopic (exact) mass is 386 g/mol. The summed E-state index contributed by atoms with van der Waals surface area (Å²) in [6.45, 7) is 0. The molecule has 0 fully saturated rings. The van der Waals surface area contributed by atoms with Gasteiger partial charge in [0.1, 0.15) is 9.39 Å². The van der Waals surface area contributed by atoms with Crippen LogP contribution in [0.2, 0.25) is 0 Å². The molecule has 102 valence electrons. The molecule has 1 heterocycles. The van der Waals surface area contributed by atoms with Gasteiger partial charge in [-0.25, -0.2) is 4.68 Å². The Labute approximate surface area is 136 Å². The molecule has 0 aliphatic rings. The summed E-state index contributed by atoms with van der Waals surface area (Å²) in [5.74, 6) is 0. The molecule has 0 saturated carbocycles. The number of nitriles is 1. The second-order valence-electron chi connectivity index (χ2n) is 4.47. The molecule has 0 unspecified atom stereocenters. The van der Waals surface area contributed by atoms with Crippen LogP contribution >= 0.6 is 22.6 Å². The highest BCUT2D eigenvalue weighted by atomic mass is 127. The molecule has 1 aromatic heterocycles. The molecule has 4 nitrogen and oxygen atoms in total. The van der Waals surface area contributed by atoms with Gasteiger partial charge in [0.05, 0.1) is 18.2 Å². The highest BCUT2D eigenvalue weighted by molar-refractivity contribution is 14.1. The van der Waals surface area contributed by atoms with E-state index < -0.39 is 0 Å². The Balaban J connectivity index is 2.10. The van der Waals surface area contributed by atoms with Crippen LogP contribution in [0.25, 0.3) is 16.9 Å². The van der Waals surface area contributed by atoms with Crippen molar-refractivity contribution in [3.63, 3.8) is 0 Å². The van der Waals surface area contributed by atoms with Crippen LogP contribution in [-0.2, 0) is 6.42 Å². The first kappa shape index (κ1) is 13.8. The molecule has 2 aromatic carbocycles. The topological polar surface area (TPSA) is 54.5 Å². The average Bonchev–Trinajstić information content (AvgIpc) is 2.91. The molecule has 3 aromatic rings. The average molecular weight is 386 g/mol. The maximum Gasteiger partial charge on any atom is 0.133 e. The van der Waals surface area contributed by atoms with Crippen LogP contribution in [0.15, 0.2) is 54.6 Å². The quantitative estimate of drug-likeness (QED) is 0.647. The summed E-state index contributed by atoms with van der Waals surface area (Å²) < 4.78 is 2.72. The minimum absolute atomic E-state index is 0.354. The largest absolute Gasteiger partial charge is 0.206 e. The molecule has 0 amide bonds. The highest BCUT2D eigenvalue weighted by Gasteiger charge is 2.15. The Morgan fingerprint density at radius 2 is 1.76 bits per heavy atom. The summed E-state index contributed by atoms with van der Waals surface area (Å²) in [5.41, 5.74) is 3.73. The summed E-state index contributed by atoms with van der Waals surface area (Å²) in [6, 6.07) is 19.9. The van der Waals surface area contributed by atoms with Crippen molar-refractivity contribution < 1.29 is 0 Å². The first-order valence-corrected chi connectivity index (χ1v) is 7.51. The van der Waals surface area contributed by atoms with E-state index in [-0.39, 0.29) is 0 Å². The molecule has 0 atom stereocenters. The summed E-state index contributed by atoms with van der Waals surface area (Å²) in [6.07, 6.45) is 0.354. The molecule has 0 spiro atoms. The van der Waals surface area contributed by atoms with Gasteiger partial charge in [0.2, 0.25) is 0 Å². The van der Waals surface area contributed by atoms with Gasteiger partial charge in [-0.15, -0.1) is 5.10 Å². The number of aromatic nitrogens is 3. The maximum atomic E-state index is 8.95. The molecular weight excluding hydrogens is 375 g/mol. The van der Waals surface area contributed by atoms with Gasteiger partial charge in [0.15, 0.2) is 0 Å². The van der Waals surface area contributed by atoms with E-state index >= 15 is 0 Å². The molecule has 0 aliphatic carbocycles. The zero-order valence-corrected chi connectivity index (χ0v) is 13.2. The first-order valence-electron chi connectivity index (χ1n) is 6.43. The second-order valence-corrected chi connectivity index (χ2v) is 5.49. The van der Waals surface area contributed by atoms with E-state index in [0.717, 1.165) is 26.2 Å². The van der Waals surface area contributed by atoms with Gasteiger partial charge in [-0.3, -0.25) is 0 Å². The molecule has 3 rings (SSSR count). The lowest BCUT2D eigenvalue weighted by Gasteiger charge is -2.07. The Hall–Kier alpha value is -2.20. The molecule has 0 bridgehead atoms. The number of hydrogen-bond acceptors (Lipinski definition) is 3. The number of benzene rings is 2. The fourth-order valence-corrected chi connectivity index (χ4v) is 2.92. The van der Waals surface area contributed by atoms with Crippen molar-refractivity contribution in [3.8, 4) is 23.0 Å². The van der Waals surface area contributed by atoms with Gasteiger partial charge in [0, 0.05) is 5.56 Å². The Morgan fingerprint density at radius 1 is 1.05 bits per heavy atom. The lowest BCUT2D eigenvalue weighted by Crippen LogP contribution is -2.03. The predicted molar refractivity (Wildman–Crippen MR) is 88.8 cm³/mol. The van der Waals surface area contributed by atoms with Crippen molar-refractivity contribution in [1.29, 1.82) is 5.26 Å². The zero-order chi connectivity index (χ0) is 14.7. The molecule has 5 heteroatoms. The predicted octanol–water partition coefficient (Wildman–Crippen LogP) is 3.60. The van der Waals surface area contributed by atoms with Crippen molar-refractivity contribution in [2.75, 3.05) is 0 Å². The molecule has 0 N–H and O–H groups in total. The Bertz CT molecular complexity index is 803. The van der Waals surface area contributed by atoms with Crippen LogP contribution < -0.4 is 0 Å². The molecular formula is C16H11IN4. The van der Waals surface area contributed by atoms with Gasteiger partial charge in [-0.2, -0.15) is 5.26 Å². The number of para-hydroxylation sites is 1. The van der Waals surface area contributed by atoms with Gasteiger partial charge in [0.25, 0.3) is 0 Å². The van der Waals surface area contributed by atoms with Crippen molar-refractivity contribution in [2.24, 2.45) is 0 Å². The van der Waals surface area contributed by atoms with Gasteiger partial charge in [-0.1, -0.05) is 53.7 Å². The lowest BCUT2D eigenvalue weighted by atomic mass is 10.1. The Kier molecular flexibility index (Phi) is 3.97. The van der Waals surface area contributed by atoms with Crippen LogP contribution in [0.5, 0.6) is 0 Å². The third kappa shape index (κ3) is 2.67. The summed E-state index contributed by atoms with van der Waals surface area (Å²) in [5, 5.41) is 17.5. The summed E-state index contributed by atoms with van der Waals surface area (Å²) in [4.78, 5) is 0. The van der Waals surface area contributed by atoms with Crippen LogP contribution in [0.4, 0.5) is 0 Å². The molecule has 0 radical (unpaired) electrons. The smallest absolute Gasteiger partial charge is 0.133 e. The van der Waals surface area contributed by atoms with Gasteiger partial charge in [-0.05, 0) is 34.2 Å². The van der Waals surface area contributed by atoms with E-state index in [9.17, 15) is 0 Å². The first-order chi connectivity index (χ1) is 10.3. The third-order valence-corrected chi connectivity index (χ3v) is 4.12. The number of nitrogens with zero attached hydrogens (tertiary/aromatic N) is 4. The van der Waals surface area contributed by atoms with E-state index in [1.807, 2.05) is 54.6 Å². The van der Waals surface area contributed by atoms with Crippen LogP contribution in [0.1, 0.15) is 5.56 Å². The van der Waals surface area contributed by atoms with Crippen molar-refractivity contribution in [3.05, 3.63) is 63.9 Å². The normalized spacial score (nSPS) is 10.3. The molecule has 0 aliphatic heterocycles. The SMILES string of the molecule is N#CCc1ccccc1-n1nnc(-c2ccccc2)c1I. The van der Waals surface area contributed by atoms with E-state index in [2.05, 4.69) is 39.0 Å². The van der Waals surface area contributed by atoms with E-state index in [4.69, 9.17) is 5.26 Å². The lowest BCUT2D eigenvalue weighted by molar-refractivity contribution is 0.784. The number of rotatable bonds is 3. The Morgan fingerprint density at radius 3 is 2.52 bits per heavy atom. The van der Waals surface area contributed by atoms with E-state index in [1.165, 1.54) is 0 Å².